The minimum atomic E-state index is -0.236. The number of nitrogens with zero attached hydrogens (tertiary/aromatic N) is 4. The minimum Gasteiger partial charge on any atom is -0.322 e. The number of aryl methyl sites for hydroxylation is 1. The number of hydrogen-bond donors (Lipinski definition) is 1. The Morgan fingerprint density at radius 2 is 1.93 bits per heavy atom. The first-order valence-corrected chi connectivity index (χ1v) is 10.8. The van der Waals surface area contributed by atoms with E-state index in [0.29, 0.717) is 22.1 Å². The maximum absolute atomic E-state index is 12.5. The summed E-state index contributed by atoms with van der Waals surface area (Å²) in [6.45, 7) is 4.16. The van der Waals surface area contributed by atoms with E-state index in [1.54, 1.807) is 40.5 Å². The van der Waals surface area contributed by atoms with Crippen molar-refractivity contribution in [3.63, 3.8) is 0 Å². The van der Waals surface area contributed by atoms with Gasteiger partial charge >= 0.3 is 0 Å². The van der Waals surface area contributed by atoms with E-state index in [-0.39, 0.29) is 5.91 Å². The molecule has 152 valence electrons. The molecule has 1 amide bonds. The van der Waals surface area contributed by atoms with Crippen molar-refractivity contribution in [2.45, 2.75) is 36.6 Å². The van der Waals surface area contributed by atoms with Crippen LogP contribution in [-0.4, -0.2) is 25.5 Å². The average molecular weight is 438 g/mol. The minimum absolute atomic E-state index is 0.236. The second kappa shape index (κ2) is 8.85. The van der Waals surface area contributed by atoms with Crippen molar-refractivity contribution in [1.29, 1.82) is 0 Å². The van der Waals surface area contributed by atoms with Gasteiger partial charge in [0, 0.05) is 21.8 Å². The number of rotatable bonds is 6. The predicted octanol–water partition coefficient (Wildman–Crippen LogP) is 5.44. The van der Waals surface area contributed by atoms with Crippen molar-refractivity contribution >= 4 is 40.7 Å². The van der Waals surface area contributed by atoms with Crippen LogP contribution in [0.25, 0.3) is 5.78 Å². The number of aromatic nitrogens is 4. The van der Waals surface area contributed by atoms with Crippen LogP contribution >= 0.6 is 23.4 Å². The highest BCUT2D eigenvalue weighted by molar-refractivity contribution is 7.99. The second-order valence-electron chi connectivity index (χ2n) is 6.76. The Hall–Kier alpha value is -2.90. The monoisotopic (exact) mass is 437 g/mol. The molecule has 0 unspecified atom stereocenters. The third-order valence-corrected chi connectivity index (χ3v) is 6.08. The lowest BCUT2D eigenvalue weighted by molar-refractivity contribution is 0.102. The summed E-state index contributed by atoms with van der Waals surface area (Å²) < 4.78 is 1.79. The van der Waals surface area contributed by atoms with Crippen molar-refractivity contribution in [3.8, 4) is 0 Å². The molecule has 0 atom stereocenters. The molecule has 0 saturated carbocycles. The van der Waals surface area contributed by atoms with E-state index in [4.69, 9.17) is 11.6 Å². The van der Waals surface area contributed by atoms with Crippen LogP contribution in [0, 0.1) is 6.92 Å². The fourth-order valence-electron chi connectivity index (χ4n) is 3.16. The first-order valence-electron chi connectivity index (χ1n) is 9.60. The molecule has 0 aliphatic carbocycles. The summed E-state index contributed by atoms with van der Waals surface area (Å²) in [5.74, 6) is 0.360. The molecule has 6 nitrogen and oxygen atoms in total. The normalized spacial score (nSPS) is 11.0. The van der Waals surface area contributed by atoms with E-state index < -0.39 is 0 Å². The summed E-state index contributed by atoms with van der Waals surface area (Å²) in [6.07, 6.45) is 3.46. The topological polar surface area (TPSA) is 72.2 Å². The lowest BCUT2D eigenvalue weighted by Gasteiger charge is -2.13. The van der Waals surface area contributed by atoms with E-state index in [1.807, 2.05) is 31.2 Å². The van der Waals surface area contributed by atoms with Crippen molar-refractivity contribution in [3.05, 3.63) is 76.7 Å². The van der Waals surface area contributed by atoms with Crippen LogP contribution in [0.4, 0.5) is 5.69 Å². The molecule has 0 aliphatic heterocycles. The summed E-state index contributed by atoms with van der Waals surface area (Å²) in [5.41, 5.74) is 3.30. The molecule has 0 spiro atoms. The van der Waals surface area contributed by atoms with Gasteiger partial charge in [-0.3, -0.25) is 4.79 Å². The SMILES string of the molecule is CCCc1c(C)nc2ncnn2c1Sc1ccc(NC(=O)c2ccccc2Cl)cc1. The number of anilines is 1. The van der Waals surface area contributed by atoms with Crippen molar-refractivity contribution in [2.24, 2.45) is 0 Å². The zero-order valence-electron chi connectivity index (χ0n) is 16.6. The van der Waals surface area contributed by atoms with Crippen molar-refractivity contribution in [1.82, 2.24) is 19.6 Å². The van der Waals surface area contributed by atoms with Gasteiger partial charge in [-0.2, -0.15) is 14.6 Å². The van der Waals surface area contributed by atoms with E-state index in [0.717, 1.165) is 28.5 Å². The van der Waals surface area contributed by atoms with Crippen LogP contribution in [0.2, 0.25) is 5.02 Å². The van der Waals surface area contributed by atoms with Gasteiger partial charge in [-0.05, 0) is 49.7 Å². The Kier molecular flexibility index (Phi) is 6.01. The molecule has 1 N–H and O–H groups in total. The lowest BCUT2D eigenvalue weighted by atomic mass is 10.1. The van der Waals surface area contributed by atoms with E-state index in [1.165, 1.54) is 11.9 Å². The number of benzene rings is 2. The quantitative estimate of drug-likeness (QED) is 0.406. The zero-order chi connectivity index (χ0) is 21.1. The summed E-state index contributed by atoms with van der Waals surface area (Å²) >= 11 is 7.73. The lowest BCUT2D eigenvalue weighted by Crippen LogP contribution is -2.12. The second-order valence-corrected chi connectivity index (χ2v) is 8.23. The van der Waals surface area contributed by atoms with Gasteiger partial charge in [-0.15, -0.1) is 0 Å². The molecule has 0 fully saturated rings. The number of hydrogen-bond acceptors (Lipinski definition) is 5. The summed E-state index contributed by atoms with van der Waals surface area (Å²) in [6, 6.07) is 14.7. The number of carbonyl (C=O) groups is 1. The molecule has 2 aromatic carbocycles. The largest absolute Gasteiger partial charge is 0.322 e. The van der Waals surface area contributed by atoms with Gasteiger partial charge in [-0.1, -0.05) is 48.8 Å². The van der Waals surface area contributed by atoms with Gasteiger partial charge in [0.05, 0.1) is 10.6 Å². The Morgan fingerprint density at radius 3 is 2.67 bits per heavy atom. The van der Waals surface area contributed by atoms with Gasteiger partial charge in [0.25, 0.3) is 11.7 Å². The number of amides is 1. The predicted molar refractivity (Wildman–Crippen MR) is 119 cm³/mol. The number of fused-ring (bicyclic) bond motifs is 1. The molecule has 0 radical (unpaired) electrons. The molecule has 8 heteroatoms. The fraction of sp³-hybridized carbons (Fsp3) is 0.182. The molecule has 4 rings (SSSR count). The van der Waals surface area contributed by atoms with Crippen LogP contribution in [0.1, 0.15) is 35.0 Å². The molecule has 2 heterocycles. The highest BCUT2D eigenvalue weighted by atomic mass is 35.5. The third kappa shape index (κ3) is 4.17. The zero-order valence-corrected chi connectivity index (χ0v) is 18.2. The van der Waals surface area contributed by atoms with Crippen LogP contribution in [0.5, 0.6) is 0 Å². The Balaban J connectivity index is 1.57. The molecular weight excluding hydrogens is 418 g/mol. The number of nitrogens with one attached hydrogen (secondary N) is 1. The number of carbonyl (C=O) groups excluding carboxylic acids is 1. The summed E-state index contributed by atoms with van der Waals surface area (Å²) in [5, 5.41) is 8.68. The van der Waals surface area contributed by atoms with E-state index >= 15 is 0 Å². The van der Waals surface area contributed by atoms with Crippen LogP contribution in [0.15, 0.2) is 64.8 Å². The van der Waals surface area contributed by atoms with Gasteiger partial charge in [-0.25, -0.2) is 4.98 Å². The summed E-state index contributed by atoms with van der Waals surface area (Å²) in [7, 11) is 0. The van der Waals surface area contributed by atoms with Crippen LogP contribution in [0.3, 0.4) is 0 Å². The average Bonchev–Trinajstić information content (AvgIpc) is 3.20. The maximum Gasteiger partial charge on any atom is 0.257 e. The van der Waals surface area contributed by atoms with Gasteiger partial charge in [0.2, 0.25) is 0 Å². The van der Waals surface area contributed by atoms with E-state index in [9.17, 15) is 4.79 Å². The Morgan fingerprint density at radius 1 is 1.17 bits per heavy atom. The number of halogens is 1. The van der Waals surface area contributed by atoms with E-state index in [2.05, 4.69) is 27.3 Å². The van der Waals surface area contributed by atoms with Crippen LogP contribution in [-0.2, 0) is 6.42 Å². The fourth-order valence-corrected chi connectivity index (χ4v) is 4.46. The molecule has 0 aliphatic rings. The van der Waals surface area contributed by atoms with Gasteiger partial charge < -0.3 is 5.32 Å². The highest BCUT2D eigenvalue weighted by Gasteiger charge is 2.15. The molecule has 30 heavy (non-hydrogen) atoms. The first-order chi connectivity index (χ1) is 14.6. The van der Waals surface area contributed by atoms with Crippen molar-refractivity contribution < 1.29 is 4.79 Å². The highest BCUT2D eigenvalue weighted by Crippen LogP contribution is 2.33. The molecule has 0 saturated heterocycles. The third-order valence-electron chi connectivity index (χ3n) is 4.63. The van der Waals surface area contributed by atoms with Gasteiger partial charge in [0.15, 0.2) is 0 Å². The Bertz CT molecular complexity index is 1210. The first kappa shape index (κ1) is 20.4. The Labute approximate surface area is 183 Å². The van der Waals surface area contributed by atoms with Gasteiger partial charge in [0.1, 0.15) is 11.4 Å². The molecular formula is C22H20ClN5OS. The smallest absolute Gasteiger partial charge is 0.257 e. The van der Waals surface area contributed by atoms with Crippen molar-refractivity contribution in [2.75, 3.05) is 5.32 Å². The molecule has 2 aromatic heterocycles. The molecule has 4 aromatic rings. The summed E-state index contributed by atoms with van der Waals surface area (Å²) in [4.78, 5) is 22.3. The molecule has 0 bridgehead atoms. The standard InChI is InChI=1S/C22H20ClN5OS/c1-3-6-17-14(2)26-22-24-13-25-28(22)21(17)30-16-11-9-15(10-12-16)27-20(29)18-7-4-5-8-19(18)23/h4-5,7-13H,3,6H2,1-2H3,(H,27,29). The maximum atomic E-state index is 12.5. The van der Waals surface area contributed by atoms with Crippen LogP contribution < -0.4 is 5.32 Å².